The zero-order chi connectivity index (χ0) is 26.9. The third-order valence-electron chi connectivity index (χ3n) is 6.47. The Bertz CT molecular complexity index is 1350. The van der Waals surface area contributed by atoms with Crippen molar-refractivity contribution in [3.63, 3.8) is 0 Å². The van der Waals surface area contributed by atoms with Crippen LogP contribution in [-0.2, 0) is 6.42 Å². The Morgan fingerprint density at radius 3 is 2.66 bits per heavy atom. The zero-order valence-electron chi connectivity index (χ0n) is 23.3. The molecule has 7 nitrogen and oxygen atoms in total. The SMILES string of the molecule is CCCN(CCC)c1cc(N/N=C/c2cccc(C)c2)nc(OCCc2cn(C(C)C)c3ccncc23)c1. The van der Waals surface area contributed by atoms with Gasteiger partial charge in [-0.15, -0.1) is 0 Å². The summed E-state index contributed by atoms with van der Waals surface area (Å²) in [6, 6.07) is 14.8. The molecule has 0 fully saturated rings. The van der Waals surface area contributed by atoms with Gasteiger partial charge in [0.1, 0.15) is 0 Å². The van der Waals surface area contributed by atoms with Crippen LogP contribution in [-0.4, -0.2) is 40.4 Å². The minimum Gasteiger partial charge on any atom is -0.477 e. The summed E-state index contributed by atoms with van der Waals surface area (Å²) in [6.45, 7) is 13.4. The lowest BCUT2D eigenvalue weighted by Crippen LogP contribution is -2.25. The second-order valence-corrected chi connectivity index (χ2v) is 9.97. The predicted octanol–water partition coefficient (Wildman–Crippen LogP) is 7.01. The van der Waals surface area contributed by atoms with Crippen LogP contribution in [0.3, 0.4) is 0 Å². The summed E-state index contributed by atoms with van der Waals surface area (Å²) in [5.74, 6) is 1.26. The number of rotatable bonds is 13. The van der Waals surface area contributed by atoms with Crippen molar-refractivity contribution in [3.05, 3.63) is 77.7 Å². The molecule has 0 bridgehead atoms. The van der Waals surface area contributed by atoms with Crippen LogP contribution < -0.4 is 15.1 Å². The molecule has 3 heterocycles. The molecule has 0 atom stereocenters. The smallest absolute Gasteiger partial charge is 0.217 e. The lowest BCUT2D eigenvalue weighted by atomic mass is 10.2. The summed E-state index contributed by atoms with van der Waals surface area (Å²) >= 11 is 0. The Labute approximate surface area is 226 Å². The fraction of sp³-hybridized carbons (Fsp3) is 0.387. The van der Waals surface area contributed by atoms with Crippen LogP contribution in [0.15, 0.2) is 66.2 Å². The topological polar surface area (TPSA) is 67.6 Å². The van der Waals surface area contributed by atoms with E-state index < -0.39 is 0 Å². The van der Waals surface area contributed by atoms with Crippen molar-refractivity contribution >= 4 is 28.6 Å². The number of hydrogen-bond donors (Lipinski definition) is 1. The van der Waals surface area contributed by atoms with Gasteiger partial charge < -0.3 is 14.2 Å². The number of hydrazone groups is 1. The molecule has 0 saturated carbocycles. The Kier molecular flexibility index (Phi) is 9.35. The normalized spacial score (nSPS) is 11.5. The van der Waals surface area contributed by atoms with Crippen LogP contribution in [0.2, 0.25) is 0 Å². The van der Waals surface area contributed by atoms with E-state index >= 15 is 0 Å². The van der Waals surface area contributed by atoms with Crippen molar-refractivity contribution < 1.29 is 4.74 Å². The molecule has 1 aromatic carbocycles. The molecule has 1 N–H and O–H groups in total. The largest absolute Gasteiger partial charge is 0.477 e. The van der Waals surface area contributed by atoms with Crippen LogP contribution in [0.5, 0.6) is 5.88 Å². The second-order valence-electron chi connectivity index (χ2n) is 9.97. The van der Waals surface area contributed by atoms with Crippen molar-refractivity contribution in [3.8, 4) is 5.88 Å². The average molecular weight is 513 g/mol. The van der Waals surface area contributed by atoms with E-state index in [1.165, 1.54) is 22.0 Å². The Morgan fingerprint density at radius 2 is 1.92 bits per heavy atom. The molecule has 0 unspecified atom stereocenters. The molecule has 38 heavy (non-hydrogen) atoms. The summed E-state index contributed by atoms with van der Waals surface area (Å²) in [4.78, 5) is 11.5. The van der Waals surface area contributed by atoms with Crippen molar-refractivity contribution in [1.82, 2.24) is 14.5 Å². The van der Waals surface area contributed by atoms with E-state index in [0.717, 1.165) is 43.6 Å². The minimum atomic E-state index is 0.380. The predicted molar refractivity (Wildman–Crippen MR) is 159 cm³/mol. The first-order valence-corrected chi connectivity index (χ1v) is 13.7. The molecule has 0 aliphatic carbocycles. The first kappa shape index (κ1) is 27.2. The summed E-state index contributed by atoms with van der Waals surface area (Å²) in [7, 11) is 0. The highest BCUT2D eigenvalue weighted by atomic mass is 16.5. The molecule has 0 spiro atoms. The van der Waals surface area contributed by atoms with Crippen LogP contribution in [0, 0.1) is 6.92 Å². The third-order valence-corrected chi connectivity index (χ3v) is 6.47. The second kappa shape index (κ2) is 13.1. The van der Waals surface area contributed by atoms with Crippen molar-refractivity contribution in [1.29, 1.82) is 0 Å². The average Bonchev–Trinajstić information content (AvgIpc) is 3.28. The summed E-state index contributed by atoms with van der Waals surface area (Å²) in [5, 5.41) is 5.62. The number of benzene rings is 1. The van der Waals surface area contributed by atoms with E-state index in [-0.39, 0.29) is 0 Å². The molecule has 4 rings (SSSR count). The number of anilines is 2. The Balaban J connectivity index is 1.53. The maximum Gasteiger partial charge on any atom is 0.217 e. The summed E-state index contributed by atoms with van der Waals surface area (Å²) < 4.78 is 8.54. The van der Waals surface area contributed by atoms with Gasteiger partial charge in [-0.25, -0.2) is 0 Å². The number of aryl methyl sites for hydroxylation is 1. The Hall–Kier alpha value is -3.87. The molecule has 3 aromatic heterocycles. The number of hydrogen-bond acceptors (Lipinski definition) is 6. The highest BCUT2D eigenvalue weighted by Crippen LogP contribution is 2.27. The quantitative estimate of drug-likeness (QED) is 0.154. The molecule has 0 saturated heterocycles. The highest BCUT2D eigenvalue weighted by molar-refractivity contribution is 5.83. The number of nitrogens with one attached hydrogen (secondary N) is 1. The van der Waals surface area contributed by atoms with Gasteiger partial charge in [0.25, 0.3) is 0 Å². The van der Waals surface area contributed by atoms with Crippen LogP contribution in [0.1, 0.15) is 63.3 Å². The van der Waals surface area contributed by atoms with Gasteiger partial charge in [0.2, 0.25) is 5.88 Å². The van der Waals surface area contributed by atoms with Gasteiger partial charge in [-0.1, -0.05) is 43.7 Å². The number of fused-ring (bicyclic) bond motifs is 1. The van der Waals surface area contributed by atoms with E-state index in [9.17, 15) is 0 Å². The van der Waals surface area contributed by atoms with Gasteiger partial charge in [-0.05, 0) is 50.8 Å². The van der Waals surface area contributed by atoms with E-state index in [2.05, 4.69) is 84.0 Å². The lowest BCUT2D eigenvalue weighted by Gasteiger charge is -2.24. The van der Waals surface area contributed by atoms with E-state index in [4.69, 9.17) is 9.72 Å². The maximum absolute atomic E-state index is 6.24. The molecule has 4 aromatic rings. The highest BCUT2D eigenvalue weighted by Gasteiger charge is 2.13. The molecule has 0 aliphatic rings. The lowest BCUT2D eigenvalue weighted by molar-refractivity contribution is 0.310. The fourth-order valence-electron chi connectivity index (χ4n) is 4.70. The monoisotopic (exact) mass is 512 g/mol. The van der Waals surface area contributed by atoms with E-state index in [1.54, 1.807) is 0 Å². The molecule has 0 radical (unpaired) electrons. The van der Waals surface area contributed by atoms with Gasteiger partial charge in [0, 0.05) is 67.3 Å². The number of aromatic nitrogens is 3. The van der Waals surface area contributed by atoms with Gasteiger partial charge in [0.05, 0.1) is 18.3 Å². The third kappa shape index (κ3) is 6.91. The number of nitrogens with zero attached hydrogens (tertiary/aromatic N) is 5. The van der Waals surface area contributed by atoms with Gasteiger partial charge in [-0.3, -0.25) is 10.4 Å². The van der Waals surface area contributed by atoms with Crippen LogP contribution in [0.4, 0.5) is 11.5 Å². The number of pyridine rings is 2. The van der Waals surface area contributed by atoms with Crippen LogP contribution >= 0.6 is 0 Å². The standard InChI is InChI=1S/C31H40N6O/c1-6-14-36(15-7-2)27-18-30(35-33-20-25-10-8-9-24(5)17-25)34-31(19-27)38-16-12-26-22-37(23(3)4)29-11-13-32-21-28(26)29/h8-11,13,17-23H,6-7,12,14-16H2,1-5H3,(H,34,35)/b33-20+. The molecular weight excluding hydrogens is 472 g/mol. The van der Waals surface area contributed by atoms with E-state index in [0.29, 0.717) is 24.3 Å². The molecule has 7 heteroatoms. The van der Waals surface area contributed by atoms with Crippen molar-refractivity contribution in [2.45, 2.75) is 59.9 Å². The molecule has 0 amide bonds. The first-order valence-electron chi connectivity index (χ1n) is 13.7. The molecule has 0 aliphatic heterocycles. The van der Waals surface area contributed by atoms with Crippen LogP contribution in [0.25, 0.3) is 10.9 Å². The van der Waals surface area contributed by atoms with E-state index in [1.807, 2.05) is 42.9 Å². The van der Waals surface area contributed by atoms with Gasteiger partial charge in [0.15, 0.2) is 5.82 Å². The molecule has 200 valence electrons. The Morgan fingerprint density at radius 1 is 1.11 bits per heavy atom. The minimum absolute atomic E-state index is 0.380. The molecular formula is C31H40N6O. The van der Waals surface area contributed by atoms with Crippen molar-refractivity contribution in [2.75, 3.05) is 30.0 Å². The fourth-order valence-corrected chi connectivity index (χ4v) is 4.70. The zero-order valence-corrected chi connectivity index (χ0v) is 23.3. The van der Waals surface area contributed by atoms with Crippen molar-refractivity contribution in [2.24, 2.45) is 5.10 Å². The summed E-state index contributed by atoms with van der Waals surface area (Å²) in [6.07, 6.45) is 10.8. The first-order chi connectivity index (χ1) is 18.5. The summed E-state index contributed by atoms with van der Waals surface area (Å²) in [5.41, 5.74) is 8.89. The van der Waals surface area contributed by atoms with Gasteiger partial charge >= 0.3 is 0 Å². The number of ether oxygens (including phenoxy) is 1. The van der Waals surface area contributed by atoms with Gasteiger partial charge in [-0.2, -0.15) is 10.1 Å². The maximum atomic E-state index is 6.24.